The van der Waals surface area contributed by atoms with E-state index in [-0.39, 0.29) is 17.7 Å². The highest BCUT2D eigenvalue weighted by molar-refractivity contribution is 5.91. The van der Waals surface area contributed by atoms with Gasteiger partial charge >= 0.3 is 0 Å². The van der Waals surface area contributed by atoms with Gasteiger partial charge in [-0.25, -0.2) is 0 Å². The molecule has 1 saturated carbocycles. The minimum Gasteiger partial charge on any atom is -0.471 e. The second-order valence-corrected chi connectivity index (χ2v) is 5.26. The molecule has 1 heterocycles. The van der Waals surface area contributed by atoms with Crippen molar-refractivity contribution in [2.75, 3.05) is 0 Å². The van der Waals surface area contributed by atoms with E-state index in [2.05, 4.69) is 10.5 Å². The quantitative estimate of drug-likeness (QED) is 0.918. The lowest BCUT2D eigenvalue weighted by Crippen LogP contribution is -2.32. The number of ether oxygens (including phenoxy) is 1. The van der Waals surface area contributed by atoms with Crippen LogP contribution in [0.1, 0.15) is 41.8 Å². The van der Waals surface area contributed by atoms with E-state index in [1.165, 1.54) is 18.9 Å². The minimum atomic E-state index is -0.219. The summed E-state index contributed by atoms with van der Waals surface area (Å²) in [6.45, 7) is 0.400. The molecule has 0 unspecified atom stereocenters. The van der Waals surface area contributed by atoms with Crippen LogP contribution in [0, 0.1) is 0 Å². The van der Waals surface area contributed by atoms with Gasteiger partial charge in [-0.1, -0.05) is 43.2 Å². The molecule has 0 aliphatic heterocycles. The first-order chi connectivity index (χ1) is 10.3. The Morgan fingerprint density at radius 3 is 2.81 bits per heavy atom. The lowest BCUT2D eigenvalue weighted by atomic mass is 10.2. The Labute approximate surface area is 123 Å². The zero-order valence-corrected chi connectivity index (χ0v) is 11.7. The van der Waals surface area contributed by atoms with Crippen LogP contribution in [0.25, 0.3) is 0 Å². The fraction of sp³-hybridized carbons (Fsp3) is 0.375. The molecule has 0 bridgehead atoms. The standard InChI is InChI=1S/C16H18N2O3/c19-16(17-13-8-4-5-9-13)14-10-15(18-21-14)20-11-12-6-2-1-3-7-12/h1-3,6-7,10,13H,4-5,8-9,11H2,(H,17,19). The maximum Gasteiger partial charge on any atom is 0.290 e. The molecule has 2 aromatic rings. The van der Waals surface area contributed by atoms with Gasteiger partial charge in [0.1, 0.15) is 6.61 Å². The van der Waals surface area contributed by atoms with E-state index in [1.54, 1.807) is 0 Å². The van der Waals surface area contributed by atoms with Gasteiger partial charge in [0.25, 0.3) is 11.8 Å². The van der Waals surface area contributed by atoms with Gasteiger partial charge in [-0.05, 0) is 23.6 Å². The first-order valence-corrected chi connectivity index (χ1v) is 7.25. The third-order valence-corrected chi connectivity index (χ3v) is 3.63. The maximum atomic E-state index is 12.0. The molecule has 110 valence electrons. The molecule has 3 rings (SSSR count). The molecule has 1 fully saturated rings. The lowest BCUT2D eigenvalue weighted by Gasteiger charge is -2.09. The number of carbonyl (C=O) groups excluding carboxylic acids is 1. The molecule has 1 aromatic carbocycles. The molecule has 1 N–H and O–H groups in total. The molecule has 0 spiro atoms. The number of nitrogens with zero attached hydrogens (tertiary/aromatic N) is 1. The predicted octanol–water partition coefficient (Wildman–Crippen LogP) is 2.93. The van der Waals surface area contributed by atoms with E-state index in [0.29, 0.717) is 12.5 Å². The van der Waals surface area contributed by atoms with Crippen molar-refractivity contribution in [1.29, 1.82) is 0 Å². The summed E-state index contributed by atoms with van der Waals surface area (Å²) in [5.74, 6) is 0.310. The highest BCUT2D eigenvalue weighted by Crippen LogP contribution is 2.19. The largest absolute Gasteiger partial charge is 0.471 e. The van der Waals surface area contributed by atoms with Crippen molar-refractivity contribution >= 4 is 5.91 Å². The molecule has 1 aliphatic carbocycles. The monoisotopic (exact) mass is 286 g/mol. The van der Waals surface area contributed by atoms with Gasteiger partial charge < -0.3 is 14.6 Å². The SMILES string of the molecule is O=C(NC1CCCC1)c1cc(OCc2ccccc2)no1. The zero-order valence-electron chi connectivity index (χ0n) is 11.7. The topological polar surface area (TPSA) is 64.4 Å². The van der Waals surface area contributed by atoms with Gasteiger partial charge in [0.15, 0.2) is 0 Å². The smallest absolute Gasteiger partial charge is 0.290 e. The highest BCUT2D eigenvalue weighted by Gasteiger charge is 2.20. The van der Waals surface area contributed by atoms with Crippen LogP contribution in [0.5, 0.6) is 5.88 Å². The first kappa shape index (κ1) is 13.7. The van der Waals surface area contributed by atoms with Crippen molar-refractivity contribution in [3.8, 4) is 5.88 Å². The Bertz CT molecular complexity index is 589. The van der Waals surface area contributed by atoms with Gasteiger partial charge in [0.2, 0.25) is 5.76 Å². The number of carbonyl (C=O) groups is 1. The van der Waals surface area contributed by atoms with Crippen LogP contribution >= 0.6 is 0 Å². The number of hydrogen-bond donors (Lipinski definition) is 1. The second-order valence-electron chi connectivity index (χ2n) is 5.26. The zero-order chi connectivity index (χ0) is 14.5. The van der Waals surface area contributed by atoms with E-state index < -0.39 is 0 Å². The molecule has 0 atom stereocenters. The second kappa shape index (κ2) is 6.43. The molecule has 1 aromatic heterocycles. The van der Waals surface area contributed by atoms with Crippen LogP contribution in [0.3, 0.4) is 0 Å². The minimum absolute atomic E-state index is 0.199. The third kappa shape index (κ3) is 3.62. The van der Waals surface area contributed by atoms with Crippen molar-refractivity contribution in [1.82, 2.24) is 10.5 Å². The van der Waals surface area contributed by atoms with Gasteiger partial charge in [0, 0.05) is 6.04 Å². The van der Waals surface area contributed by atoms with Crippen LogP contribution in [-0.4, -0.2) is 17.1 Å². The summed E-state index contributed by atoms with van der Waals surface area (Å²) >= 11 is 0. The van der Waals surface area contributed by atoms with E-state index in [9.17, 15) is 4.79 Å². The fourth-order valence-corrected chi connectivity index (χ4v) is 2.49. The Hall–Kier alpha value is -2.30. The van der Waals surface area contributed by atoms with Crippen molar-refractivity contribution in [2.45, 2.75) is 38.3 Å². The summed E-state index contributed by atoms with van der Waals surface area (Å²) < 4.78 is 10.5. The van der Waals surface area contributed by atoms with Gasteiger partial charge in [-0.15, -0.1) is 0 Å². The lowest BCUT2D eigenvalue weighted by molar-refractivity contribution is 0.0900. The number of aromatic nitrogens is 1. The molecular weight excluding hydrogens is 268 g/mol. The number of rotatable bonds is 5. The number of nitrogens with one attached hydrogen (secondary N) is 1. The summed E-state index contributed by atoms with van der Waals surface area (Å²) in [4.78, 5) is 12.0. The molecule has 5 nitrogen and oxygen atoms in total. The molecule has 1 amide bonds. The van der Waals surface area contributed by atoms with Gasteiger partial charge in [-0.2, -0.15) is 0 Å². The molecule has 1 aliphatic rings. The molecule has 0 radical (unpaired) electrons. The molecule has 21 heavy (non-hydrogen) atoms. The molecular formula is C16H18N2O3. The van der Waals surface area contributed by atoms with E-state index in [4.69, 9.17) is 9.26 Å². The van der Waals surface area contributed by atoms with E-state index in [1.807, 2.05) is 30.3 Å². The van der Waals surface area contributed by atoms with Crippen LogP contribution in [0.2, 0.25) is 0 Å². The fourth-order valence-electron chi connectivity index (χ4n) is 2.49. The first-order valence-electron chi connectivity index (χ1n) is 7.25. The van der Waals surface area contributed by atoms with Crippen LogP contribution in [0.4, 0.5) is 0 Å². The normalized spacial score (nSPS) is 15.0. The van der Waals surface area contributed by atoms with Gasteiger partial charge in [0.05, 0.1) is 6.07 Å². The van der Waals surface area contributed by atoms with Crippen LogP contribution in [-0.2, 0) is 6.61 Å². The Morgan fingerprint density at radius 1 is 1.29 bits per heavy atom. The summed E-state index contributed by atoms with van der Waals surface area (Å²) in [7, 11) is 0. The Balaban J connectivity index is 1.54. The average molecular weight is 286 g/mol. The Kier molecular flexibility index (Phi) is 4.19. The van der Waals surface area contributed by atoms with Crippen molar-refractivity contribution in [3.63, 3.8) is 0 Å². The van der Waals surface area contributed by atoms with E-state index >= 15 is 0 Å². The van der Waals surface area contributed by atoms with Crippen molar-refractivity contribution in [2.24, 2.45) is 0 Å². The number of hydrogen-bond acceptors (Lipinski definition) is 4. The number of benzene rings is 1. The molecule has 5 heteroatoms. The highest BCUT2D eigenvalue weighted by atomic mass is 16.5. The predicted molar refractivity (Wildman–Crippen MR) is 77.0 cm³/mol. The van der Waals surface area contributed by atoms with Crippen molar-refractivity contribution < 1.29 is 14.1 Å². The van der Waals surface area contributed by atoms with Crippen molar-refractivity contribution in [3.05, 3.63) is 47.7 Å². The summed E-state index contributed by atoms with van der Waals surface area (Å²) in [5.41, 5.74) is 1.04. The molecule has 0 saturated heterocycles. The summed E-state index contributed by atoms with van der Waals surface area (Å²) in [5, 5.41) is 6.72. The maximum absolute atomic E-state index is 12.0. The van der Waals surface area contributed by atoms with Gasteiger partial charge in [-0.3, -0.25) is 4.79 Å². The van der Waals surface area contributed by atoms with Crippen LogP contribution < -0.4 is 10.1 Å². The van der Waals surface area contributed by atoms with E-state index in [0.717, 1.165) is 18.4 Å². The Morgan fingerprint density at radius 2 is 2.05 bits per heavy atom. The summed E-state index contributed by atoms with van der Waals surface area (Å²) in [6, 6.07) is 11.6. The number of amides is 1. The van der Waals surface area contributed by atoms with Crippen LogP contribution in [0.15, 0.2) is 40.9 Å². The summed E-state index contributed by atoms with van der Waals surface area (Å²) in [6.07, 6.45) is 4.42. The average Bonchev–Trinajstić information content (AvgIpc) is 3.17. The third-order valence-electron chi connectivity index (χ3n) is 3.63.